The number of carboxylic acids is 1. The van der Waals surface area contributed by atoms with E-state index in [1.807, 2.05) is 18.2 Å². The molecule has 1 atom stereocenters. The summed E-state index contributed by atoms with van der Waals surface area (Å²) < 4.78 is 5.15. The Morgan fingerprint density at radius 3 is 2.96 bits per heavy atom. The van der Waals surface area contributed by atoms with Crippen LogP contribution in [0.3, 0.4) is 0 Å². The first kappa shape index (κ1) is 16.9. The first-order chi connectivity index (χ1) is 11.6. The Hall–Kier alpha value is -1.96. The van der Waals surface area contributed by atoms with Gasteiger partial charge in [0.25, 0.3) is 0 Å². The van der Waals surface area contributed by atoms with Crippen LogP contribution in [0.4, 0.5) is 0 Å². The highest BCUT2D eigenvalue weighted by Gasteiger charge is 2.32. The molecule has 1 fully saturated rings. The number of amides is 1. The van der Waals surface area contributed by atoms with Gasteiger partial charge in [0.15, 0.2) is 6.04 Å². The second-order valence-corrected chi connectivity index (χ2v) is 6.58. The smallest absolute Gasteiger partial charge is 0.328 e. The van der Waals surface area contributed by atoms with E-state index < -0.39 is 12.0 Å². The summed E-state index contributed by atoms with van der Waals surface area (Å²) >= 11 is 7.57. The summed E-state index contributed by atoms with van der Waals surface area (Å²) in [5.41, 5.74) is 1.42. The monoisotopic (exact) mass is 366 g/mol. The molecule has 0 spiro atoms. The van der Waals surface area contributed by atoms with Crippen molar-refractivity contribution in [3.63, 3.8) is 0 Å². The number of carbonyl (C=O) groups is 2. The van der Waals surface area contributed by atoms with Crippen molar-refractivity contribution < 1.29 is 19.4 Å². The van der Waals surface area contributed by atoms with Gasteiger partial charge in [-0.25, -0.2) is 9.78 Å². The van der Waals surface area contributed by atoms with Crippen LogP contribution in [-0.2, 0) is 20.7 Å². The van der Waals surface area contributed by atoms with E-state index in [-0.39, 0.29) is 25.5 Å². The van der Waals surface area contributed by atoms with Crippen molar-refractivity contribution >= 4 is 34.8 Å². The van der Waals surface area contributed by atoms with Crippen LogP contribution >= 0.6 is 22.9 Å². The van der Waals surface area contributed by atoms with Crippen LogP contribution in [0.15, 0.2) is 29.6 Å². The van der Waals surface area contributed by atoms with Crippen LogP contribution in [0.25, 0.3) is 10.6 Å². The third kappa shape index (κ3) is 3.58. The average molecular weight is 367 g/mol. The van der Waals surface area contributed by atoms with Crippen LogP contribution in [-0.4, -0.2) is 52.7 Å². The van der Waals surface area contributed by atoms with Crippen molar-refractivity contribution in [1.82, 2.24) is 9.88 Å². The van der Waals surface area contributed by atoms with E-state index in [0.29, 0.717) is 17.3 Å². The number of benzene rings is 1. The lowest BCUT2D eigenvalue weighted by Crippen LogP contribution is -2.53. The molecule has 0 aliphatic carbocycles. The van der Waals surface area contributed by atoms with Crippen molar-refractivity contribution in [2.24, 2.45) is 0 Å². The van der Waals surface area contributed by atoms with Gasteiger partial charge in [-0.1, -0.05) is 29.8 Å². The van der Waals surface area contributed by atoms with Gasteiger partial charge in [-0.3, -0.25) is 4.79 Å². The number of hydrogen-bond donors (Lipinski definition) is 1. The number of thiazole rings is 1. The summed E-state index contributed by atoms with van der Waals surface area (Å²) in [7, 11) is 0. The molecule has 0 radical (unpaired) electrons. The normalized spacial score (nSPS) is 17.7. The Morgan fingerprint density at radius 1 is 1.42 bits per heavy atom. The molecule has 8 heteroatoms. The number of hydrogen-bond acceptors (Lipinski definition) is 5. The van der Waals surface area contributed by atoms with Gasteiger partial charge in [0.1, 0.15) is 5.01 Å². The summed E-state index contributed by atoms with van der Waals surface area (Å²) in [6.07, 6.45) is 0.0603. The molecule has 2 heterocycles. The number of carboxylic acid groups (broad SMARTS) is 1. The van der Waals surface area contributed by atoms with Gasteiger partial charge in [0.2, 0.25) is 5.91 Å². The van der Waals surface area contributed by atoms with E-state index in [1.54, 1.807) is 11.4 Å². The highest BCUT2D eigenvalue weighted by molar-refractivity contribution is 7.13. The quantitative estimate of drug-likeness (QED) is 0.898. The molecule has 2 aromatic rings. The zero-order valence-corrected chi connectivity index (χ0v) is 14.2. The third-order valence-corrected chi connectivity index (χ3v) is 4.98. The highest BCUT2D eigenvalue weighted by atomic mass is 35.5. The SMILES string of the molecule is O=C(O)C1COCCN1C(=O)Cc1csc(-c2ccccc2Cl)n1. The molecule has 1 amide bonds. The number of aromatic nitrogens is 1. The topological polar surface area (TPSA) is 79.7 Å². The number of aliphatic carboxylic acids is 1. The van der Waals surface area contributed by atoms with Crippen LogP contribution in [0, 0.1) is 0 Å². The fourth-order valence-corrected chi connectivity index (χ4v) is 3.65. The number of rotatable bonds is 4. The first-order valence-corrected chi connectivity index (χ1v) is 8.61. The first-order valence-electron chi connectivity index (χ1n) is 7.35. The average Bonchev–Trinajstić information content (AvgIpc) is 3.03. The van der Waals surface area contributed by atoms with E-state index >= 15 is 0 Å². The van der Waals surface area contributed by atoms with Crippen LogP contribution < -0.4 is 0 Å². The molecule has 0 bridgehead atoms. The van der Waals surface area contributed by atoms with Gasteiger partial charge >= 0.3 is 5.97 Å². The summed E-state index contributed by atoms with van der Waals surface area (Å²) in [6.45, 7) is 0.637. The molecular weight excluding hydrogens is 352 g/mol. The molecule has 1 unspecified atom stereocenters. The molecule has 1 aromatic carbocycles. The van der Waals surface area contributed by atoms with Gasteiger partial charge in [-0.2, -0.15) is 0 Å². The molecule has 0 saturated carbocycles. The minimum atomic E-state index is -1.06. The molecule has 1 aliphatic heterocycles. The summed E-state index contributed by atoms with van der Waals surface area (Å²) in [5.74, 6) is -1.32. The number of carbonyl (C=O) groups excluding carboxylic acids is 1. The van der Waals surface area contributed by atoms with Gasteiger partial charge in [0.05, 0.1) is 30.4 Å². The second-order valence-electron chi connectivity index (χ2n) is 5.32. The summed E-state index contributed by atoms with van der Waals surface area (Å²) in [4.78, 5) is 29.5. The number of ether oxygens (including phenoxy) is 1. The molecule has 126 valence electrons. The van der Waals surface area contributed by atoms with E-state index in [0.717, 1.165) is 10.6 Å². The lowest BCUT2D eigenvalue weighted by molar-refractivity contribution is -0.158. The molecule has 24 heavy (non-hydrogen) atoms. The number of morpholine rings is 1. The van der Waals surface area contributed by atoms with Crippen molar-refractivity contribution in [1.29, 1.82) is 0 Å². The largest absolute Gasteiger partial charge is 0.480 e. The minimum Gasteiger partial charge on any atom is -0.480 e. The molecule has 6 nitrogen and oxygen atoms in total. The predicted molar refractivity (Wildman–Crippen MR) is 90.2 cm³/mol. The standard InChI is InChI=1S/C16H15ClN2O4S/c17-12-4-2-1-3-11(12)15-18-10(9-24-15)7-14(20)19-5-6-23-8-13(19)16(21)22/h1-4,9,13H,5-8H2,(H,21,22). The van der Waals surface area contributed by atoms with Crippen LogP contribution in [0.5, 0.6) is 0 Å². The zero-order chi connectivity index (χ0) is 17.1. The lowest BCUT2D eigenvalue weighted by atomic mass is 10.2. The number of halogens is 1. The second kappa shape index (κ2) is 7.29. The fourth-order valence-electron chi connectivity index (χ4n) is 2.51. The summed E-state index contributed by atoms with van der Waals surface area (Å²) in [6, 6.07) is 6.43. The van der Waals surface area contributed by atoms with Crippen molar-refractivity contribution in [3.05, 3.63) is 40.4 Å². The Morgan fingerprint density at radius 2 is 2.21 bits per heavy atom. The van der Waals surface area contributed by atoms with E-state index in [9.17, 15) is 14.7 Å². The molecule has 1 N–H and O–H groups in total. The van der Waals surface area contributed by atoms with E-state index in [4.69, 9.17) is 16.3 Å². The van der Waals surface area contributed by atoms with Crippen molar-refractivity contribution in [2.45, 2.75) is 12.5 Å². The highest BCUT2D eigenvalue weighted by Crippen LogP contribution is 2.30. The molecule has 3 rings (SSSR count). The van der Waals surface area contributed by atoms with E-state index in [2.05, 4.69) is 4.98 Å². The predicted octanol–water partition coefficient (Wildman–Crippen LogP) is 2.32. The molecule has 1 saturated heterocycles. The minimum absolute atomic E-state index is 0.0169. The molecule has 1 aliphatic rings. The third-order valence-electron chi connectivity index (χ3n) is 3.72. The van der Waals surface area contributed by atoms with Crippen LogP contribution in [0.2, 0.25) is 5.02 Å². The van der Waals surface area contributed by atoms with Gasteiger partial charge < -0.3 is 14.7 Å². The van der Waals surface area contributed by atoms with Crippen molar-refractivity contribution in [2.75, 3.05) is 19.8 Å². The van der Waals surface area contributed by atoms with Crippen molar-refractivity contribution in [3.8, 4) is 10.6 Å². The number of nitrogens with zero attached hydrogens (tertiary/aromatic N) is 2. The maximum absolute atomic E-state index is 12.4. The Labute approximate surface area is 147 Å². The molecular formula is C16H15ClN2O4S. The Bertz CT molecular complexity index is 764. The maximum Gasteiger partial charge on any atom is 0.328 e. The van der Waals surface area contributed by atoms with E-state index in [1.165, 1.54) is 16.2 Å². The lowest BCUT2D eigenvalue weighted by Gasteiger charge is -2.32. The Kier molecular flexibility index (Phi) is 5.13. The maximum atomic E-state index is 12.4. The Balaban J connectivity index is 1.73. The molecule has 1 aromatic heterocycles. The van der Waals surface area contributed by atoms with Gasteiger partial charge in [-0.15, -0.1) is 11.3 Å². The van der Waals surface area contributed by atoms with Crippen LogP contribution in [0.1, 0.15) is 5.69 Å². The zero-order valence-electron chi connectivity index (χ0n) is 12.6. The van der Waals surface area contributed by atoms with Gasteiger partial charge in [0, 0.05) is 17.5 Å². The fraction of sp³-hybridized carbons (Fsp3) is 0.312. The van der Waals surface area contributed by atoms with Gasteiger partial charge in [-0.05, 0) is 6.07 Å². The summed E-state index contributed by atoms with van der Waals surface area (Å²) in [5, 5.41) is 12.3.